The largest absolute Gasteiger partial charge is 0.457 e. The Morgan fingerprint density at radius 3 is 1.12 bits per heavy atom. The number of hydrogen-bond acceptors (Lipinski definition) is 6. The van der Waals surface area contributed by atoms with Crippen LogP contribution in [-0.4, -0.2) is 19.9 Å². The van der Waals surface area contributed by atoms with Crippen LogP contribution in [0, 0.1) is 0 Å². The molecule has 4 aliphatic rings. The Hall–Kier alpha value is -13.9. The van der Waals surface area contributed by atoms with Gasteiger partial charge in [0.05, 0.1) is 33.3 Å². The topological polar surface area (TPSA) is 70.0 Å². The van der Waals surface area contributed by atoms with Gasteiger partial charge in [-0.3, -0.25) is 0 Å². The lowest BCUT2D eigenvalue weighted by molar-refractivity contribution is 0.436. The molecule has 106 heavy (non-hydrogen) atoms. The van der Waals surface area contributed by atoms with Gasteiger partial charge in [-0.1, -0.05) is 309 Å². The lowest BCUT2D eigenvalue weighted by Gasteiger charge is -2.39. The number of rotatable bonds is 8. The van der Waals surface area contributed by atoms with Gasteiger partial charge in [0, 0.05) is 55.3 Å². The molecule has 0 radical (unpaired) electrons. The first-order valence-corrected chi connectivity index (χ1v) is 36.2. The summed E-state index contributed by atoms with van der Waals surface area (Å²) in [6.07, 6.45) is 0. The summed E-state index contributed by atoms with van der Waals surface area (Å²) in [7, 11) is 0. The van der Waals surface area contributed by atoms with Crippen LogP contribution in [0.5, 0.6) is 23.0 Å². The third-order valence-corrected chi connectivity index (χ3v) is 22.6. The normalized spacial score (nSPS) is 13.4. The lowest BCUT2D eigenvalue weighted by atomic mass is 9.65. The Bertz CT molecular complexity index is 6640. The molecular formula is C100H60N4O2. The zero-order chi connectivity index (χ0) is 69.6. The molecule has 0 saturated heterocycles. The van der Waals surface area contributed by atoms with Gasteiger partial charge in [0.15, 0.2) is 11.6 Å². The standard InChI is InChI=1S/C100H60N4O2/c1-2-21-61(22-3-1)62-43-45-64(46-44-62)95-80-57-67(50-54-90(80)102-97(103-95)71-27-18-25-65(55-71)68-47-51-86-92(58-68)105-91-42-17-15-40-85(91)99(86)81-36-11-6-30-74(81)75-31-7-12-37-82(75)99)70-49-53-88-94(60-70)106-93-59-69(48-52-87(93)100(88)83-38-13-8-32-76(83)77-33-9-14-39-84(77)100)66-26-19-28-72(56-66)98-101-89-41-16-10-34-79(89)96(104-98)78-35-20-24-63-23-4-5-29-73(63)78/h1-60H. The Balaban J connectivity index is 0.657. The summed E-state index contributed by atoms with van der Waals surface area (Å²) in [6, 6.07) is 131. The summed E-state index contributed by atoms with van der Waals surface area (Å²) in [5.41, 5.74) is 28.9. The van der Waals surface area contributed by atoms with Crippen molar-refractivity contribution in [3.05, 3.63) is 408 Å². The van der Waals surface area contributed by atoms with Crippen LogP contribution in [0.3, 0.4) is 0 Å². The van der Waals surface area contributed by atoms with E-state index < -0.39 is 10.8 Å². The summed E-state index contributed by atoms with van der Waals surface area (Å²) in [6.45, 7) is 0. The van der Waals surface area contributed by atoms with Gasteiger partial charge >= 0.3 is 0 Å². The van der Waals surface area contributed by atoms with Gasteiger partial charge in [-0.05, 0) is 154 Å². The van der Waals surface area contributed by atoms with Crippen molar-refractivity contribution in [2.45, 2.75) is 10.8 Å². The van der Waals surface area contributed by atoms with Crippen molar-refractivity contribution in [2.75, 3.05) is 0 Å². The molecule has 2 aliphatic carbocycles. The molecule has 0 fully saturated rings. The molecule has 492 valence electrons. The molecule has 0 atom stereocenters. The molecular weight excluding hydrogens is 1290 g/mol. The number of fused-ring (bicyclic) bond motifs is 21. The van der Waals surface area contributed by atoms with Crippen molar-refractivity contribution in [3.8, 4) is 135 Å². The highest BCUT2D eigenvalue weighted by molar-refractivity contribution is 6.04. The third kappa shape index (κ3) is 8.92. The van der Waals surface area contributed by atoms with Crippen LogP contribution in [0.15, 0.2) is 364 Å². The minimum absolute atomic E-state index is 0.548. The molecule has 16 aromatic carbocycles. The summed E-state index contributed by atoms with van der Waals surface area (Å²) in [5, 5.41) is 4.27. The van der Waals surface area contributed by atoms with E-state index in [1.165, 1.54) is 49.9 Å². The lowest BCUT2D eigenvalue weighted by Crippen LogP contribution is -2.32. The van der Waals surface area contributed by atoms with E-state index in [4.69, 9.17) is 29.4 Å². The molecule has 0 bridgehead atoms. The van der Waals surface area contributed by atoms with Crippen molar-refractivity contribution < 1.29 is 9.47 Å². The van der Waals surface area contributed by atoms with Gasteiger partial charge in [-0.15, -0.1) is 0 Å². The number of benzene rings is 16. The molecule has 4 heterocycles. The first-order chi connectivity index (χ1) is 52.5. The Kier molecular flexibility index (Phi) is 13.1. The maximum atomic E-state index is 7.45. The second-order valence-corrected chi connectivity index (χ2v) is 28.2. The monoisotopic (exact) mass is 1350 g/mol. The first kappa shape index (κ1) is 59.7. The second-order valence-electron chi connectivity index (χ2n) is 28.2. The molecule has 6 nitrogen and oxygen atoms in total. The predicted octanol–water partition coefficient (Wildman–Crippen LogP) is 25.0. The van der Waals surface area contributed by atoms with Crippen LogP contribution >= 0.6 is 0 Å². The highest BCUT2D eigenvalue weighted by atomic mass is 16.5. The number of aromatic nitrogens is 4. The van der Waals surface area contributed by atoms with Crippen LogP contribution in [-0.2, 0) is 10.8 Å². The SMILES string of the molecule is c1ccc(-c2ccc(-c3nc(-c4cccc(-c5ccc6c(c5)Oc5ccccc5C65c6ccccc6-c6ccccc65)c4)nc4ccc(-c5ccc6c(c5)Oc5cc(-c7cccc(-c8nc(-c9cccc%10ccccc9%10)c9ccccc9n8)c7)ccc5C65c6ccccc6-c6ccccc65)cc34)cc2)cc1. The molecule has 0 amide bonds. The zero-order valence-corrected chi connectivity index (χ0v) is 57.2. The highest BCUT2D eigenvalue weighted by Crippen LogP contribution is 2.65. The fraction of sp³-hybridized carbons (Fsp3) is 0.0200. The number of ether oxygens (including phenoxy) is 2. The van der Waals surface area contributed by atoms with Gasteiger partial charge in [0.2, 0.25) is 0 Å². The minimum atomic E-state index is -0.686. The molecule has 0 N–H and O–H groups in total. The van der Waals surface area contributed by atoms with Crippen molar-refractivity contribution in [1.29, 1.82) is 0 Å². The molecule has 22 rings (SSSR count). The number of nitrogens with zero attached hydrogens (tertiary/aromatic N) is 4. The molecule has 0 unspecified atom stereocenters. The van der Waals surface area contributed by atoms with E-state index in [9.17, 15) is 0 Å². The Labute approximate surface area is 612 Å². The van der Waals surface area contributed by atoms with Crippen LogP contribution in [0.1, 0.15) is 44.5 Å². The van der Waals surface area contributed by atoms with E-state index >= 15 is 0 Å². The summed E-state index contributed by atoms with van der Waals surface area (Å²) < 4.78 is 14.4. The van der Waals surface area contributed by atoms with E-state index in [0.717, 1.165) is 151 Å². The molecule has 2 aromatic heterocycles. The molecule has 18 aromatic rings. The average Bonchev–Trinajstić information content (AvgIpc) is 1.50. The van der Waals surface area contributed by atoms with Crippen molar-refractivity contribution in [2.24, 2.45) is 0 Å². The van der Waals surface area contributed by atoms with E-state index in [-0.39, 0.29) is 0 Å². The van der Waals surface area contributed by atoms with E-state index in [1.54, 1.807) is 0 Å². The molecule has 2 aliphatic heterocycles. The number of para-hydroxylation sites is 2. The summed E-state index contributed by atoms with van der Waals surface area (Å²) >= 11 is 0. The minimum Gasteiger partial charge on any atom is -0.457 e. The maximum absolute atomic E-state index is 7.45. The second kappa shape index (κ2) is 23.3. The van der Waals surface area contributed by atoms with E-state index in [2.05, 4.69) is 364 Å². The Morgan fingerprint density at radius 1 is 0.189 bits per heavy atom. The average molecular weight is 1350 g/mol. The van der Waals surface area contributed by atoms with Crippen molar-refractivity contribution in [1.82, 2.24) is 19.9 Å². The smallest absolute Gasteiger partial charge is 0.160 e. The number of hydrogen-bond donors (Lipinski definition) is 0. The predicted molar refractivity (Wildman–Crippen MR) is 428 cm³/mol. The van der Waals surface area contributed by atoms with Crippen LogP contribution in [0.25, 0.3) is 145 Å². The van der Waals surface area contributed by atoms with Gasteiger partial charge in [-0.25, -0.2) is 19.9 Å². The third-order valence-electron chi connectivity index (χ3n) is 22.6. The van der Waals surface area contributed by atoms with Crippen LogP contribution in [0.2, 0.25) is 0 Å². The molecule has 6 heteroatoms. The van der Waals surface area contributed by atoms with Crippen LogP contribution < -0.4 is 9.47 Å². The van der Waals surface area contributed by atoms with E-state index in [0.29, 0.717) is 11.6 Å². The fourth-order valence-corrected chi connectivity index (χ4v) is 17.9. The molecule has 0 saturated carbocycles. The fourth-order valence-electron chi connectivity index (χ4n) is 17.9. The van der Waals surface area contributed by atoms with Gasteiger partial charge in [0.25, 0.3) is 0 Å². The van der Waals surface area contributed by atoms with Crippen molar-refractivity contribution in [3.63, 3.8) is 0 Å². The summed E-state index contributed by atoms with van der Waals surface area (Å²) in [5.74, 6) is 4.58. The zero-order valence-electron chi connectivity index (χ0n) is 57.2. The molecule has 2 spiro atoms. The highest BCUT2D eigenvalue weighted by Gasteiger charge is 2.53. The quantitative estimate of drug-likeness (QED) is 0.151. The maximum Gasteiger partial charge on any atom is 0.160 e. The Morgan fingerprint density at radius 2 is 0.547 bits per heavy atom. The first-order valence-electron chi connectivity index (χ1n) is 36.2. The van der Waals surface area contributed by atoms with Gasteiger partial charge in [-0.2, -0.15) is 0 Å². The van der Waals surface area contributed by atoms with E-state index in [1.807, 2.05) is 0 Å². The summed E-state index contributed by atoms with van der Waals surface area (Å²) in [4.78, 5) is 21.7. The van der Waals surface area contributed by atoms with Gasteiger partial charge in [0.1, 0.15) is 23.0 Å². The van der Waals surface area contributed by atoms with Crippen molar-refractivity contribution >= 4 is 32.6 Å². The van der Waals surface area contributed by atoms with Gasteiger partial charge < -0.3 is 9.47 Å². The van der Waals surface area contributed by atoms with Crippen LogP contribution in [0.4, 0.5) is 0 Å².